The molecule has 1 heterocycles. The van der Waals surface area contributed by atoms with Gasteiger partial charge in [0.2, 0.25) is 0 Å². The predicted molar refractivity (Wildman–Crippen MR) is 49.4 cm³/mol. The Balaban J connectivity index is 1.89. The average Bonchev–Trinajstić information content (AvgIpc) is 2.60. The molecule has 0 radical (unpaired) electrons. The number of carboxylic acid groups (broad SMARTS) is 1. The fourth-order valence-corrected chi connectivity index (χ4v) is 3.24. The molecule has 2 nitrogen and oxygen atoms in total. The molecule has 2 fully saturated rings. The molecule has 1 unspecified atom stereocenters. The fraction of sp³-hybridized carbons (Fsp3) is 0.889. The summed E-state index contributed by atoms with van der Waals surface area (Å²) in [6.07, 6.45) is 4.02. The highest BCUT2D eigenvalue weighted by Crippen LogP contribution is 2.52. The Labute approximate surface area is 76.7 Å². The number of hydrogen-bond acceptors (Lipinski definition) is 2. The zero-order valence-corrected chi connectivity index (χ0v) is 7.90. The Kier molecular flexibility index (Phi) is 2.07. The lowest BCUT2D eigenvalue weighted by Crippen LogP contribution is -2.18. The van der Waals surface area contributed by atoms with Gasteiger partial charge in [-0.15, -0.1) is 0 Å². The molecule has 0 aromatic carbocycles. The minimum Gasteiger partial charge on any atom is -0.481 e. The molecule has 68 valence electrons. The van der Waals surface area contributed by atoms with E-state index >= 15 is 0 Å². The van der Waals surface area contributed by atoms with Crippen LogP contribution in [0.1, 0.15) is 25.7 Å². The topological polar surface area (TPSA) is 37.3 Å². The second-order valence-corrected chi connectivity index (χ2v) is 5.17. The molecular weight excluding hydrogens is 172 g/mol. The van der Waals surface area contributed by atoms with E-state index < -0.39 is 5.97 Å². The summed E-state index contributed by atoms with van der Waals surface area (Å²) < 4.78 is 0. The second-order valence-electron chi connectivity index (χ2n) is 4.02. The zero-order chi connectivity index (χ0) is 8.60. The third-order valence-electron chi connectivity index (χ3n) is 3.01. The molecule has 0 aromatic rings. The summed E-state index contributed by atoms with van der Waals surface area (Å²) >= 11 is 1.97. The SMILES string of the molecule is O=C(O)C1(CC2CCSC2)CC1. The lowest BCUT2D eigenvalue weighted by Gasteiger charge is -2.13. The van der Waals surface area contributed by atoms with Crippen LogP contribution in [0.2, 0.25) is 0 Å². The maximum Gasteiger partial charge on any atom is 0.309 e. The molecule has 0 aromatic heterocycles. The van der Waals surface area contributed by atoms with Crippen LogP contribution in [0.25, 0.3) is 0 Å². The molecular formula is C9H14O2S. The van der Waals surface area contributed by atoms with Crippen LogP contribution in [0, 0.1) is 11.3 Å². The van der Waals surface area contributed by atoms with Crippen LogP contribution in [0.3, 0.4) is 0 Å². The molecule has 1 aliphatic carbocycles. The van der Waals surface area contributed by atoms with Crippen LogP contribution in [-0.4, -0.2) is 22.6 Å². The molecule has 1 aliphatic heterocycles. The van der Waals surface area contributed by atoms with Gasteiger partial charge in [0.25, 0.3) is 0 Å². The van der Waals surface area contributed by atoms with Gasteiger partial charge in [0, 0.05) is 0 Å². The highest BCUT2D eigenvalue weighted by atomic mass is 32.2. The van der Waals surface area contributed by atoms with Gasteiger partial charge in [-0.1, -0.05) is 0 Å². The van der Waals surface area contributed by atoms with Crippen LogP contribution in [0.5, 0.6) is 0 Å². The lowest BCUT2D eigenvalue weighted by atomic mass is 9.92. The number of carbonyl (C=O) groups is 1. The summed E-state index contributed by atoms with van der Waals surface area (Å²) in [5.41, 5.74) is -0.282. The van der Waals surface area contributed by atoms with Crippen LogP contribution in [0.15, 0.2) is 0 Å². The van der Waals surface area contributed by atoms with Crippen molar-refractivity contribution in [3.05, 3.63) is 0 Å². The van der Waals surface area contributed by atoms with Crippen molar-refractivity contribution >= 4 is 17.7 Å². The maximum atomic E-state index is 10.9. The van der Waals surface area contributed by atoms with Gasteiger partial charge in [-0.3, -0.25) is 4.79 Å². The Morgan fingerprint density at radius 3 is 2.75 bits per heavy atom. The van der Waals surface area contributed by atoms with E-state index in [2.05, 4.69) is 0 Å². The first-order valence-corrected chi connectivity index (χ1v) is 5.70. The Bertz CT molecular complexity index is 193. The second kappa shape index (κ2) is 2.95. The number of rotatable bonds is 3. The number of aliphatic carboxylic acids is 1. The van der Waals surface area contributed by atoms with Crippen molar-refractivity contribution in [1.82, 2.24) is 0 Å². The molecule has 0 bridgehead atoms. The number of thioether (sulfide) groups is 1. The Hall–Kier alpha value is -0.180. The summed E-state index contributed by atoms with van der Waals surface area (Å²) in [6.45, 7) is 0. The predicted octanol–water partition coefficient (Wildman–Crippen LogP) is 1.99. The van der Waals surface area contributed by atoms with Crippen LogP contribution < -0.4 is 0 Å². The molecule has 1 N–H and O–H groups in total. The monoisotopic (exact) mass is 186 g/mol. The molecule has 1 atom stereocenters. The van der Waals surface area contributed by atoms with E-state index in [0.29, 0.717) is 5.92 Å². The van der Waals surface area contributed by atoms with Crippen molar-refractivity contribution in [1.29, 1.82) is 0 Å². The Morgan fingerprint density at radius 1 is 1.58 bits per heavy atom. The molecule has 2 rings (SSSR count). The van der Waals surface area contributed by atoms with Gasteiger partial charge in [-0.2, -0.15) is 11.8 Å². The zero-order valence-electron chi connectivity index (χ0n) is 7.08. The highest BCUT2D eigenvalue weighted by molar-refractivity contribution is 7.99. The summed E-state index contributed by atoms with van der Waals surface area (Å²) in [4.78, 5) is 10.9. The van der Waals surface area contributed by atoms with Gasteiger partial charge in [0.1, 0.15) is 0 Å². The normalized spacial score (nSPS) is 31.8. The van der Waals surface area contributed by atoms with Gasteiger partial charge in [0.05, 0.1) is 5.41 Å². The first kappa shape index (κ1) is 8.42. The van der Waals surface area contributed by atoms with Gasteiger partial charge in [0.15, 0.2) is 0 Å². The molecule has 0 amide bonds. The molecule has 1 saturated heterocycles. The van der Waals surface area contributed by atoms with Crippen LogP contribution >= 0.6 is 11.8 Å². The highest BCUT2D eigenvalue weighted by Gasteiger charge is 2.51. The van der Waals surface area contributed by atoms with Crippen molar-refractivity contribution in [3.63, 3.8) is 0 Å². The fourth-order valence-electron chi connectivity index (χ4n) is 1.95. The van der Waals surface area contributed by atoms with Crippen molar-refractivity contribution in [2.75, 3.05) is 11.5 Å². The van der Waals surface area contributed by atoms with Crippen LogP contribution in [0.4, 0.5) is 0 Å². The smallest absolute Gasteiger partial charge is 0.309 e. The summed E-state index contributed by atoms with van der Waals surface area (Å²) in [5, 5.41) is 8.96. The quantitative estimate of drug-likeness (QED) is 0.732. The first-order chi connectivity index (χ1) is 5.73. The van der Waals surface area contributed by atoms with Crippen molar-refractivity contribution in [3.8, 4) is 0 Å². The first-order valence-electron chi connectivity index (χ1n) is 4.54. The summed E-state index contributed by atoms with van der Waals surface area (Å²) in [7, 11) is 0. The maximum absolute atomic E-state index is 10.9. The Morgan fingerprint density at radius 2 is 2.33 bits per heavy atom. The minimum absolute atomic E-state index is 0.282. The lowest BCUT2D eigenvalue weighted by molar-refractivity contribution is -0.144. The standard InChI is InChI=1S/C9H14O2S/c10-8(11)9(2-3-9)5-7-1-4-12-6-7/h7H,1-6H2,(H,10,11). The minimum atomic E-state index is -0.556. The molecule has 1 saturated carbocycles. The molecule has 3 heteroatoms. The number of carboxylic acids is 1. The van der Waals surface area contributed by atoms with Crippen molar-refractivity contribution in [2.45, 2.75) is 25.7 Å². The molecule has 0 spiro atoms. The van der Waals surface area contributed by atoms with E-state index in [1.54, 1.807) is 0 Å². The third kappa shape index (κ3) is 1.47. The van der Waals surface area contributed by atoms with Gasteiger partial charge in [-0.25, -0.2) is 0 Å². The largest absolute Gasteiger partial charge is 0.481 e. The van der Waals surface area contributed by atoms with E-state index in [9.17, 15) is 4.79 Å². The van der Waals surface area contributed by atoms with E-state index in [1.165, 1.54) is 17.9 Å². The van der Waals surface area contributed by atoms with E-state index in [4.69, 9.17) is 5.11 Å². The number of hydrogen-bond donors (Lipinski definition) is 1. The summed E-state index contributed by atoms with van der Waals surface area (Å²) in [5.74, 6) is 2.56. The van der Waals surface area contributed by atoms with Crippen LogP contribution in [-0.2, 0) is 4.79 Å². The van der Waals surface area contributed by atoms with Gasteiger partial charge in [-0.05, 0) is 43.1 Å². The summed E-state index contributed by atoms with van der Waals surface area (Å²) in [6, 6.07) is 0. The van der Waals surface area contributed by atoms with Crippen molar-refractivity contribution in [2.24, 2.45) is 11.3 Å². The van der Waals surface area contributed by atoms with Gasteiger partial charge >= 0.3 is 5.97 Å². The van der Waals surface area contributed by atoms with E-state index in [1.807, 2.05) is 11.8 Å². The molecule has 12 heavy (non-hydrogen) atoms. The van der Waals surface area contributed by atoms with Gasteiger partial charge < -0.3 is 5.11 Å². The third-order valence-corrected chi connectivity index (χ3v) is 4.24. The van der Waals surface area contributed by atoms with E-state index in [-0.39, 0.29) is 5.41 Å². The molecule has 2 aliphatic rings. The average molecular weight is 186 g/mol. The van der Waals surface area contributed by atoms with E-state index in [0.717, 1.165) is 19.3 Å². The van der Waals surface area contributed by atoms with Crippen molar-refractivity contribution < 1.29 is 9.90 Å².